The van der Waals surface area contributed by atoms with Crippen LogP contribution in [-0.4, -0.2) is 17.7 Å². The molecule has 0 fully saturated rings. The summed E-state index contributed by atoms with van der Waals surface area (Å²) in [4.78, 5) is 12.0. The Hall–Kier alpha value is -1.77. The summed E-state index contributed by atoms with van der Waals surface area (Å²) in [5.41, 5.74) is 1.89. The van der Waals surface area contributed by atoms with Crippen molar-refractivity contribution in [2.75, 3.05) is 0 Å². The Bertz CT molecular complexity index is 497. The Kier molecular flexibility index (Phi) is 6.66. The highest BCUT2D eigenvalue weighted by atomic mass is 16.6. The molecular weight excluding hydrogens is 274 g/mol. The van der Waals surface area contributed by atoms with Gasteiger partial charge in [-0.25, -0.2) is 4.79 Å². The molecule has 1 rings (SSSR count). The van der Waals surface area contributed by atoms with Crippen molar-refractivity contribution in [2.45, 2.75) is 59.6 Å². The molecule has 0 saturated carbocycles. The predicted octanol–water partition coefficient (Wildman–Crippen LogP) is 4.95. The lowest BCUT2D eigenvalue weighted by Gasteiger charge is -2.25. The highest BCUT2D eigenvalue weighted by molar-refractivity contribution is 5.69. The first-order valence-corrected chi connectivity index (χ1v) is 7.95. The van der Waals surface area contributed by atoms with E-state index in [1.165, 1.54) is 5.56 Å². The zero-order valence-electron chi connectivity index (χ0n) is 14.6. The van der Waals surface area contributed by atoms with Crippen molar-refractivity contribution >= 4 is 12.2 Å². The molecule has 122 valence electrons. The molecule has 0 unspecified atom stereocenters. The zero-order valence-corrected chi connectivity index (χ0v) is 14.6. The molecule has 0 saturated heterocycles. The largest absolute Gasteiger partial charge is 0.444 e. The molecule has 3 nitrogen and oxygen atoms in total. The number of carbonyl (C=O) groups excluding carboxylic acids is 1. The lowest BCUT2D eigenvalue weighted by Crippen LogP contribution is -2.41. The molecule has 0 heterocycles. The van der Waals surface area contributed by atoms with Crippen LogP contribution in [-0.2, 0) is 4.74 Å². The van der Waals surface area contributed by atoms with E-state index in [-0.39, 0.29) is 12.1 Å². The number of alkyl carbamates (subject to hydrolysis) is 1. The number of ether oxygens (including phenoxy) is 1. The second kappa shape index (κ2) is 8.02. The van der Waals surface area contributed by atoms with Gasteiger partial charge >= 0.3 is 6.09 Å². The van der Waals surface area contributed by atoms with Gasteiger partial charge in [-0.2, -0.15) is 0 Å². The predicted molar refractivity (Wildman–Crippen MR) is 92.8 cm³/mol. The first-order valence-electron chi connectivity index (χ1n) is 7.95. The Balaban J connectivity index is 2.76. The van der Waals surface area contributed by atoms with Crippen LogP contribution in [0.2, 0.25) is 0 Å². The van der Waals surface area contributed by atoms with Gasteiger partial charge in [0.25, 0.3) is 0 Å². The van der Waals surface area contributed by atoms with Crippen LogP contribution in [0.5, 0.6) is 0 Å². The molecule has 0 radical (unpaired) electrons. The summed E-state index contributed by atoms with van der Waals surface area (Å²) < 4.78 is 5.35. The number of hydrogen-bond donors (Lipinski definition) is 1. The van der Waals surface area contributed by atoms with Gasteiger partial charge < -0.3 is 10.1 Å². The van der Waals surface area contributed by atoms with E-state index in [1.807, 2.05) is 32.9 Å². The van der Waals surface area contributed by atoms with Crippen molar-refractivity contribution in [3.05, 3.63) is 41.5 Å². The summed E-state index contributed by atoms with van der Waals surface area (Å²) in [5.74, 6) is 0.342. The fourth-order valence-corrected chi connectivity index (χ4v) is 1.97. The van der Waals surface area contributed by atoms with Crippen LogP contribution in [0, 0.1) is 12.8 Å². The van der Waals surface area contributed by atoms with Gasteiger partial charge in [0.2, 0.25) is 0 Å². The number of nitrogens with one attached hydrogen (secondary N) is 1. The first kappa shape index (κ1) is 18.3. The molecule has 3 heteroatoms. The quantitative estimate of drug-likeness (QED) is 0.836. The lowest BCUT2D eigenvalue weighted by molar-refractivity contribution is 0.0502. The zero-order chi connectivity index (χ0) is 16.8. The molecule has 1 aromatic rings. The summed E-state index contributed by atoms with van der Waals surface area (Å²) in [6.07, 6.45) is 4.71. The molecule has 2 atom stereocenters. The Labute approximate surface area is 134 Å². The first-order chi connectivity index (χ1) is 10.2. The van der Waals surface area contributed by atoms with Gasteiger partial charge in [0.1, 0.15) is 5.60 Å². The van der Waals surface area contributed by atoms with Gasteiger partial charge in [-0.1, -0.05) is 62.2 Å². The second-order valence-corrected chi connectivity index (χ2v) is 6.83. The van der Waals surface area contributed by atoms with E-state index >= 15 is 0 Å². The van der Waals surface area contributed by atoms with E-state index in [0.29, 0.717) is 5.92 Å². The van der Waals surface area contributed by atoms with E-state index in [9.17, 15) is 4.79 Å². The number of aryl methyl sites for hydroxylation is 1. The van der Waals surface area contributed by atoms with Crippen molar-refractivity contribution in [1.29, 1.82) is 0 Å². The molecule has 0 aromatic heterocycles. The lowest BCUT2D eigenvalue weighted by atomic mass is 9.98. The van der Waals surface area contributed by atoms with Gasteiger partial charge in [0, 0.05) is 0 Å². The van der Waals surface area contributed by atoms with E-state index < -0.39 is 5.60 Å². The fraction of sp³-hybridized carbons (Fsp3) is 0.526. The smallest absolute Gasteiger partial charge is 0.408 e. The van der Waals surface area contributed by atoms with Gasteiger partial charge in [-0.15, -0.1) is 0 Å². The number of amides is 1. The van der Waals surface area contributed by atoms with Crippen molar-refractivity contribution in [2.24, 2.45) is 5.92 Å². The highest BCUT2D eigenvalue weighted by Crippen LogP contribution is 2.14. The van der Waals surface area contributed by atoms with Gasteiger partial charge in [-0.05, 0) is 39.2 Å². The summed E-state index contributed by atoms with van der Waals surface area (Å²) in [5, 5.41) is 2.96. The average Bonchev–Trinajstić information content (AvgIpc) is 2.42. The third-order valence-corrected chi connectivity index (χ3v) is 3.51. The Morgan fingerprint density at radius 2 is 1.86 bits per heavy atom. The van der Waals surface area contributed by atoms with Crippen LogP contribution in [0.1, 0.15) is 52.2 Å². The number of rotatable bonds is 5. The van der Waals surface area contributed by atoms with Gasteiger partial charge in [0.15, 0.2) is 0 Å². The third kappa shape index (κ3) is 6.79. The highest BCUT2D eigenvalue weighted by Gasteiger charge is 2.20. The van der Waals surface area contributed by atoms with Crippen molar-refractivity contribution < 1.29 is 9.53 Å². The summed E-state index contributed by atoms with van der Waals surface area (Å²) in [7, 11) is 0. The Morgan fingerprint density at radius 3 is 2.36 bits per heavy atom. The molecule has 1 N–H and O–H groups in total. The maximum absolute atomic E-state index is 12.0. The van der Waals surface area contributed by atoms with Crippen LogP contribution in [0.15, 0.2) is 30.3 Å². The van der Waals surface area contributed by atoms with Crippen molar-refractivity contribution in [3.63, 3.8) is 0 Å². The standard InChI is InChI=1S/C19H29NO2/c1-7-15(3)17(20-18(21)22-19(4,5)6)13-12-16-10-8-14(2)9-11-16/h8-13,15,17H,7H2,1-6H3,(H,20,21)/t15-,17+/m0/s1. The third-order valence-electron chi connectivity index (χ3n) is 3.51. The SMILES string of the molecule is CC[C@H](C)[C@@H](C=Cc1ccc(C)cc1)NC(=O)OC(C)(C)C. The minimum absolute atomic E-state index is 0.0406. The normalized spacial score (nSPS) is 14.6. The molecule has 0 aliphatic carbocycles. The maximum atomic E-state index is 12.0. The minimum Gasteiger partial charge on any atom is -0.444 e. The fourth-order valence-electron chi connectivity index (χ4n) is 1.97. The van der Waals surface area contributed by atoms with E-state index in [1.54, 1.807) is 0 Å². The summed E-state index contributed by atoms with van der Waals surface area (Å²) in [6.45, 7) is 11.9. The number of carbonyl (C=O) groups is 1. The number of hydrogen-bond acceptors (Lipinski definition) is 2. The molecule has 0 bridgehead atoms. The molecule has 0 aliphatic heterocycles. The summed E-state index contributed by atoms with van der Waals surface area (Å²) >= 11 is 0. The van der Waals surface area contributed by atoms with Crippen molar-refractivity contribution in [3.8, 4) is 0 Å². The molecule has 0 spiro atoms. The molecule has 1 aromatic carbocycles. The van der Waals surface area contributed by atoms with Crippen LogP contribution in [0.3, 0.4) is 0 Å². The summed E-state index contributed by atoms with van der Waals surface area (Å²) in [6, 6.07) is 8.28. The van der Waals surface area contributed by atoms with Crippen molar-refractivity contribution in [1.82, 2.24) is 5.32 Å². The topological polar surface area (TPSA) is 38.3 Å². The second-order valence-electron chi connectivity index (χ2n) is 6.83. The Morgan fingerprint density at radius 1 is 1.27 bits per heavy atom. The molecular formula is C19H29NO2. The van der Waals surface area contributed by atoms with Crippen LogP contribution < -0.4 is 5.32 Å². The molecule has 0 aliphatic rings. The van der Waals surface area contributed by atoms with E-state index in [4.69, 9.17) is 4.74 Å². The van der Waals surface area contributed by atoms with Crippen LogP contribution >= 0.6 is 0 Å². The molecule has 1 amide bonds. The molecule has 22 heavy (non-hydrogen) atoms. The van der Waals surface area contributed by atoms with Crippen LogP contribution in [0.25, 0.3) is 6.08 Å². The maximum Gasteiger partial charge on any atom is 0.408 e. The van der Waals surface area contributed by atoms with E-state index in [0.717, 1.165) is 12.0 Å². The minimum atomic E-state index is -0.481. The average molecular weight is 303 g/mol. The van der Waals surface area contributed by atoms with Gasteiger partial charge in [-0.3, -0.25) is 0 Å². The van der Waals surface area contributed by atoms with Crippen LogP contribution in [0.4, 0.5) is 4.79 Å². The number of benzene rings is 1. The van der Waals surface area contributed by atoms with E-state index in [2.05, 4.69) is 50.4 Å². The van der Waals surface area contributed by atoms with Gasteiger partial charge in [0.05, 0.1) is 6.04 Å². The monoisotopic (exact) mass is 303 g/mol.